The van der Waals surface area contributed by atoms with Gasteiger partial charge in [0, 0.05) is 18.8 Å². The molecule has 0 saturated carbocycles. The second kappa shape index (κ2) is 5.27. The molecule has 0 heterocycles. The van der Waals surface area contributed by atoms with Crippen LogP contribution in [0.1, 0.15) is 24.8 Å². The van der Waals surface area contributed by atoms with Crippen molar-refractivity contribution in [3.8, 4) is 0 Å². The van der Waals surface area contributed by atoms with Gasteiger partial charge >= 0.3 is 0 Å². The molecular weight excluding hydrogens is 192 g/mol. The summed E-state index contributed by atoms with van der Waals surface area (Å²) in [7, 11) is 0. The first-order valence-corrected chi connectivity index (χ1v) is 5.49. The molecular formula is C11H18N2S. The molecule has 0 spiro atoms. The van der Waals surface area contributed by atoms with E-state index in [-0.39, 0.29) is 5.37 Å². The quantitative estimate of drug-likeness (QED) is 0.590. The standard InChI is InChI=1S/C11H18N2S/c1-3-13(4-2)10-7-5-9(6-8-10)11(12)14/h5-8,11,14H,3-4,12H2,1-2H3. The number of thiol groups is 1. The zero-order valence-corrected chi connectivity index (χ0v) is 9.67. The minimum Gasteiger partial charge on any atom is -0.372 e. The van der Waals surface area contributed by atoms with Gasteiger partial charge in [0.2, 0.25) is 0 Å². The van der Waals surface area contributed by atoms with Crippen LogP contribution in [0, 0.1) is 0 Å². The molecule has 78 valence electrons. The maximum atomic E-state index is 5.66. The van der Waals surface area contributed by atoms with Gasteiger partial charge in [-0.15, -0.1) is 0 Å². The Morgan fingerprint density at radius 1 is 1.21 bits per heavy atom. The Bertz CT molecular complexity index is 265. The number of benzene rings is 1. The van der Waals surface area contributed by atoms with Crippen LogP contribution in [0.5, 0.6) is 0 Å². The van der Waals surface area contributed by atoms with Crippen molar-refractivity contribution in [1.82, 2.24) is 0 Å². The molecule has 0 aliphatic carbocycles. The second-order valence-corrected chi connectivity index (χ2v) is 3.77. The van der Waals surface area contributed by atoms with Gasteiger partial charge in [0.15, 0.2) is 0 Å². The van der Waals surface area contributed by atoms with Crippen LogP contribution >= 0.6 is 12.6 Å². The third kappa shape index (κ3) is 2.66. The van der Waals surface area contributed by atoms with Crippen LogP contribution in [-0.4, -0.2) is 13.1 Å². The first-order chi connectivity index (χ1) is 6.69. The number of nitrogens with two attached hydrogens (primary N) is 1. The van der Waals surface area contributed by atoms with E-state index in [4.69, 9.17) is 5.73 Å². The van der Waals surface area contributed by atoms with Gasteiger partial charge in [-0.3, -0.25) is 0 Å². The molecule has 0 radical (unpaired) electrons. The van der Waals surface area contributed by atoms with E-state index in [0.29, 0.717) is 0 Å². The molecule has 2 N–H and O–H groups in total. The Balaban J connectivity index is 2.81. The van der Waals surface area contributed by atoms with Crippen molar-refractivity contribution in [1.29, 1.82) is 0 Å². The van der Waals surface area contributed by atoms with Gasteiger partial charge in [0.05, 0.1) is 5.37 Å². The van der Waals surface area contributed by atoms with Crippen molar-refractivity contribution < 1.29 is 0 Å². The highest BCUT2D eigenvalue weighted by atomic mass is 32.1. The molecule has 0 aliphatic heterocycles. The average molecular weight is 210 g/mol. The fraction of sp³-hybridized carbons (Fsp3) is 0.455. The molecule has 0 bridgehead atoms. The normalized spacial score (nSPS) is 12.6. The lowest BCUT2D eigenvalue weighted by Gasteiger charge is -2.21. The summed E-state index contributed by atoms with van der Waals surface area (Å²) in [5.74, 6) is 0. The maximum absolute atomic E-state index is 5.66. The van der Waals surface area contributed by atoms with Gasteiger partial charge in [-0.2, -0.15) is 12.6 Å². The van der Waals surface area contributed by atoms with Gasteiger partial charge in [0.1, 0.15) is 0 Å². The van der Waals surface area contributed by atoms with E-state index in [1.54, 1.807) is 0 Å². The number of hydrogen-bond donors (Lipinski definition) is 2. The Morgan fingerprint density at radius 2 is 1.71 bits per heavy atom. The molecule has 1 atom stereocenters. The molecule has 0 saturated heterocycles. The van der Waals surface area contributed by atoms with Crippen molar-refractivity contribution >= 4 is 18.3 Å². The SMILES string of the molecule is CCN(CC)c1ccc(C(N)S)cc1. The second-order valence-electron chi connectivity index (χ2n) is 3.21. The maximum Gasteiger partial charge on any atom is 0.0734 e. The van der Waals surface area contributed by atoms with Crippen LogP contribution in [0.3, 0.4) is 0 Å². The van der Waals surface area contributed by atoms with Crippen LogP contribution in [0.2, 0.25) is 0 Å². The largest absolute Gasteiger partial charge is 0.372 e. The summed E-state index contributed by atoms with van der Waals surface area (Å²) in [5.41, 5.74) is 7.96. The van der Waals surface area contributed by atoms with Crippen LogP contribution in [0.4, 0.5) is 5.69 Å². The zero-order valence-electron chi connectivity index (χ0n) is 8.77. The molecule has 2 nitrogen and oxygen atoms in total. The number of nitrogens with zero attached hydrogens (tertiary/aromatic N) is 1. The van der Waals surface area contributed by atoms with E-state index in [1.165, 1.54) is 5.69 Å². The molecule has 0 amide bonds. The molecule has 1 rings (SSSR count). The van der Waals surface area contributed by atoms with E-state index in [0.717, 1.165) is 18.7 Å². The highest BCUT2D eigenvalue weighted by molar-refractivity contribution is 7.80. The number of rotatable bonds is 4. The van der Waals surface area contributed by atoms with Crippen LogP contribution in [-0.2, 0) is 0 Å². The van der Waals surface area contributed by atoms with Gasteiger partial charge in [-0.05, 0) is 31.5 Å². The van der Waals surface area contributed by atoms with E-state index in [1.807, 2.05) is 12.1 Å². The molecule has 1 aromatic carbocycles. The van der Waals surface area contributed by atoms with E-state index < -0.39 is 0 Å². The smallest absolute Gasteiger partial charge is 0.0734 e. The Kier molecular flexibility index (Phi) is 4.29. The molecule has 1 aromatic rings. The monoisotopic (exact) mass is 210 g/mol. The predicted octanol–water partition coefficient (Wildman–Crippen LogP) is 2.42. The zero-order chi connectivity index (χ0) is 10.6. The molecule has 14 heavy (non-hydrogen) atoms. The predicted molar refractivity (Wildman–Crippen MR) is 65.9 cm³/mol. The third-order valence-corrected chi connectivity index (χ3v) is 2.66. The van der Waals surface area contributed by atoms with Crippen molar-refractivity contribution in [3.63, 3.8) is 0 Å². The van der Waals surface area contributed by atoms with E-state index in [9.17, 15) is 0 Å². The molecule has 0 aliphatic rings. The van der Waals surface area contributed by atoms with Crippen LogP contribution in [0.15, 0.2) is 24.3 Å². The lowest BCUT2D eigenvalue weighted by Crippen LogP contribution is -2.21. The summed E-state index contributed by atoms with van der Waals surface area (Å²) in [6.45, 7) is 6.37. The van der Waals surface area contributed by atoms with Gasteiger partial charge < -0.3 is 10.6 Å². The number of hydrogen-bond acceptors (Lipinski definition) is 3. The lowest BCUT2D eigenvalue weighted by molar-refractivity contribution is 0.865. The van der Waals surface area contributed by atoms with Crippen molar-refractivity contribution in [2.24, 2.45) is 5.73 Å². The topological polar surface area (TPSA) is 29.3 Å². The van der Waals surface area contributed by atoms with Gasteiger partial charge in [-0.1, -0.05) is 12.1 Å². The highest BCUT2D eigenvalue weighted by Gasteiger charge is 2.03. The third-order valence-electron chi connectivity index (χ3n) is 2.36. The molecule has 0 aromatic heterocycles. The first-order valence-electron chi connectivity index (χ1n) is 4.97. The van der Waals surface area contributed by atoms with Crippen molar-refractivity contribution in [2.75, 3.05) is 18.0 Å². The van der Waals surface area contributed by atoms with Crippen LogP contribution < -0.4 is 10.6 Å². The summed E-state index contributed by atoms with van der Waals surface area (Å²) in [6, 6.07) is 8.26. The fourth-order valence-electron chi connectivity index (χ4n) is 1.47. The highest BCUT2D eigenvalue weighted by Crippen LogP contribution is 2.19. The minimum absolute atomic E-state index is 0.180. The van der Waals surface area contributed by atoms with Crippen molar-refractivity contribution in [2.45, 2.75) is 19.2 Å². The molecule has 1 unspecified atom stereocenters. The summed E-state index contributed by atoms with van der Waals surface area (Å²) in [5, 5.41) is -0.180. The minimum atomic E-state index is -0.180. The van der Waals surface area contributed by atoms with Gasteiger partial charge in [0.25, 0.3) is 0 Å². The van der Waals surface area contributed by atoms with E-state index in [2.05, 4.69) is 43.5 Å². The lowest BCUT2D eigenvalue weighted by atomic mass is 10.2. The number of anilines is 1. The summed E-state index contributed by atoms with van der Waals surface area (Å²) in [6.07, 6.45) is 0. The van der Waals surface area contributed by atoms with Gasteiger partial charge in [-0.25, -0.2) is 0 Å². The molecule has 3 heteroatoms. The summed E-state index contributed by atoms with van der Waals surface area (Å²) in [4.78, 5) is 2.30. The molecule has 0 fully saturated rings. The first kappa shape index (κ1) is 11.4. The van der Waals surface area contributed by atoms with Crippen molar-refractivity contribution in [3.05, 3.63) is 29.8 Å². The van der Waals surface area contributed by atoms with Crippen LogP contribution in [0.25, 0.3) is 0 Å². The summed E-state index contributed by atoms with van der Waals surface area (Å²) >= 11 is 4.18. The Labute approximate surface area is 91.5 Å². The Morgan fingerprint density at radius 3 is 2.07 bits per heavy atom. The average Bonchev–Trinajstić information content (AvgIpc) is 2.20. The van der Waals surface area contributed by atoms with E-state index >= 15 is 0 Å². The fourth-order valence-corrected chi connectivity index (χ4v) is 1.64. The Hall–Kier alpha value is -0.670. The summed E-state index contributed by atoms with van der Waals surface area (Å²) < 4.78 is 0.